The Morgan fingerprint density at radius 1 is 0.575 bits per heavy atom. The second-order valence-corrected chi connectivity index (χ2v) is 38.6. The highest BCUT2D eigenvalue weighted by Gasteiger charge is 2.53. The van der Waals surface area contributed by atoms with Gasteiger partial charge >= 0.3 is 0 Å². The van der Waals surface area contributed by atoms with Crippen molar-refractivity contribution >= 4 is 83.8 Å². The molecule has 14 rings (SSSR count). The van der Waals surface area contributed by atoms with E-state index in [0.29, 0.717) is 76.6 Å². The van der Waals surface area contributed by atoms with E-state index >= 15 is 0 Å². The molecule has 4 amide bonds. The topological polar surface area (TPSA) is 200 Å². The van der Waals surface area contributed by atoms with Crippen molar-refractivity contribution in [1.82, 2.24) is 29.0 Å². The van der Waals surface area contributed by atoms with Gasteiger partial charge in [0.2, 0.25) is 21.8 Å². The summed E-state index contributed by atoms with van der Waals surface area (Å²) in [4.78, 5) is 69.3. The lowest BCUT2D eigenvalue weighted by atomic mass is 9.62. The van der Waals surface area contributed by atoms with E-state index in [4.69, 9.17) is 42.1 Å². The number of piperazine rings is 2. The summed E-state index contributed by atoms with van der Waals surface area (Å²) in [6.07, 6.45) is 19.5. The molecule has 6 aliphatic heterocycles. The van der Waals surface area contributed by atoms with Crippen molar-refractivity contribution < 1.29 is 50.8 Å². The number of likely N-dealkylation sites (N-methyl/N-ethyl adjacent to an activating group) is 2. The number of anilines is 2. The minimum Gasteiger partial charge on any atom is -0.490 e. The molecule has 4 aliphatic carbocycles. The average molecular weight is 1530 g/mol. The first-order valence-electron chi connectivity index (χ1n) is 38.8. The third-order valence-electron chi connectivity index (χ3n) is 26.5. The molecule has 4 aromatic rings. The van der Waals surface area contributed by atoms with Crippen LogP contribution in [0, 0.1) is 35.5 Å². The standard InChI is InChI=1S/C42H57ClN4O5S.C41H55ClN4O6S/c1-28-9-7-18-42(51-5,23-39(48)47-20-19-45(4)24-29(47)2)36-14-11-33(36)25-46-26-41(17-8-10-31-21-34(43)13-15-35(31)41)27-52-38-16-12-32(22-37(38)46)40(49)44-53(6,50)30(28)3;1-27-8-6-17-41(51-5,22-38(47)46-19-18-44(4)23-28(46)2)35-13-10-32(35)24-45-25-40(16-7-9-30-20-33(42)12-14-34(30)40)26-52-37-15-11-31(21-36(37)45)39(48)43-53(49,50)29(27)3/h7,12-13,15-16,18,21-22,28-30,33,36H,6,8-11,14,17,19-20,23-27H2,1-5H3,(H,44,49,50);6,11-12,14-15,17,20-21,27-29,32,35H,7-10,13,16,18-19,22-26H2,1-5H3,(H,43,48)/b18-7+;17-6+/t28-,29-,30+,33-,36+,41-,42+,53?;27-,28+,29+,32-,35+,40-,41+/m00/s1. The Morgan fingerprint density at radius 2 is 1.01 bits per heavy atom. The summed E-state index contributed by atoms with van der Waals surface area (Å²) in [5.74, 6) is 4.80. The zero-order valence-corrected chi connectivity index (χ0v) is 67.0. The van der Waals surface area contributed by atoms with Crippen molar-refractivity contribution in [1.29, 1.82) is 0 Å². The van der Waals surface area contributed by atoms with Crippen LogP contribution >= 0.6 is 23.2 Å². The van der Waals surface area contributed by atoms with Gasteiger partial charge in [-0.1, -0.05) is 73.5 Å². The number of sulfonamides is 1. The van der Waals surface area contributed by atoms with Gasteiger partial charge in [0.05, 0.1) is 63.6 Å². The van der Waals surface area contributed by atoms with Gasteiger partial charge in [-0.05, 0) is 243 Å². The third kappa shape index (κ3) is 15.7. The molecule has 576 valence electrons. The number of nitrogens with one attached hydrogen (secondary N) is 2. The predicted molar refractivity (Wildman–Crippen MR) is 423 cm³/mol. The van der Waals surface area contributed by atoms with Crippen molar-refractivity contribution in [2.75, 3.05) is 117 Å². The van der Waals surface area contributed by atoms with Gasteiger partial charge in [0.25, 0.3) is 11.8 Å². The number of carbonyl (C=O) groups excluding carboxylic acids is 4. The minimum atomic E-state index is -4.01. The zero-order valence-electron chi connectivity index (χ0n) is 63.8. The van der Waals surface area contributed by atoms with Gasteiger partial charge in [0, 0.05) is 129 Å². The molecule has 1 unspecified atom stereocenters. The summed E-state index contributed by atoms with van der Waals surface area (Å²) in [5.41, 5.74) is 5.07. The normalized spacial score (nSPS) is 34.7. The number of methoxy groups -OCH3 is 2. The summed E-state index contributed by atoms with van der Waals surface area (Å²) in [7, 11) is 0.647. The highest BCUT2D eigenvalue weighted by Crippen LogP contribution is 2.53. The van der Waals surface area contributed by atoms with Gasteiger partial charge in [-0.15, -0.1) is 0 Å². The molecule has 15 atom stereocenters. The van der Waals surface area contributed by atoms with Crippen molar-refractivity contribution in [3.63, 3.8) is 0 Å². The molecular formula is C83H112Cl2N8O11S2. The maximum Gasteiger partial charge on any atom is 0.264 e. The SMILES string of the molecule is C=S1(=O)NC(=O)c2ccc3c(c2)N(C[C@@H]2CC[C@H]2[C@@](CC(=O)N2CCN(C)C[C@@H]2C)(OC)/C=C/C[C@H](C)[C@H]1C)C[C@@]1(CCCc2cc(Cl)ccc21)CO3.CO[C@@]1(CC(=O)N2CCN(C)C[C@H]2C)/C=C/C[C@H](C)[C@@H](C)S(=O)(=O)NC(=O)c2ccc3c(c2)N(C[C@@H]2CC[C@H]21)C[C@@]1(CCCc2cc(Cl)ccc21)CO3. The van der Waals surface area contributed by atoms with Gasteiger partial charge in [-0.2, -0.15) is 0 Å². The number of halogens is 2. The van der Waals surface area contributed by atoms with E-state index < -0.39 is 53.2 Å². The van der Waals surface area contributed by atoms with Crippen LogP contribution in [0.15, 0.2) is 97.1 Å². The first-order chi connectivity index (χ1) is 50.5. The van der Waals surface area contributed by atoms with E-state index in [2.05, 4.69) is 105 Å². The maximum atomic E-state index is 14.3. The summed E-state index contributed by atoms with van der Waals surface area (Å²) < 4.78 is 72.9. The molecule has 4 fully saturated rings. The van der Waals surface area contributed by atoms with E-state index in [1.165, 1.54) is 22.3 Å². The summed E-state index contributed by atoms with van der Waals surface area (Å²) in [6, 6.07) is 23.5. The molecule has 2 saturated carbocycles. The molecule has 4 aromatic carbocycles. The lowest BCUT2D eigenvalue weighted by molar-refractivity contribution is -0.147. The third-order valence-corrected chi connectivity index (χ3v) is 31.1. The van der Waals surface area contributed by atoms with Crippen LogP contribution in [0.25, 0.3) is 0 Å². The second kappa shape index (κ2) is 31.3. The number of rotatable bonds is 6. The van der Waals surface area contributed by atoms with Crippen LogP contribution in [0.2, 0.25) is 10.0 Å². The Kier molecular flexibility index (Phi) is 23.0. The molecule has 2 spiro atoms. The number of carbonyl (C=O) groups is 4. The van der Waals surface area contributed by atoms with E-state index in [1.807, 2.05) is 60.9 Å². The molecule has 106 heavy (non-hydrogen) atoms. The van der Waals surface area contributed by atoms with E-state index in [9.17, 15) is 31.8 Å². The smallest absolute Gasteiger partial charge is 0.264 e. The number of fused-ring (bicyclic) bond motifs is 8. The molecule has 19 nitrogen and oxygen atoms in total. The van der Waals surface area contributed by atoms with Gasteiger partial charge in [0.1, 0.15) is 11.5 Å². The number of hydrogen-bond donors (Lipinski definition) is 2. The fourth-order valence-electron chi connectivity index (χ4n) is 19.5. The van der Waals surface area contributed by atoms with Crippen LogP contribution in [0.5, 0.6) is 11.5 Å². The number of ether oxygens (including phenoxy) is 4. The monoisotopic (exact) mass is 1530 g/mol. The van der Waals surface area contributed by atoms with Crippen LogP contribution in [-0.4, -0.2) is 202 Å². The van der Waals surface area contributed by atoms with Crippen molar-refractivity contribution in [3.8, 4) is 11.5 Å². The van der Waals surface area contributed by atoms with E-state index in [1.54, 1.807) is 45.4 Å². The van der Waals surface area contributed by atoms with Gasteiger partial charge in [0.15, 0.2) is 0 Å². The maximum absolute atomic E-state index is 14.3. The highest BCUT2D eigenvalue weighted by atomic mass is 35.5. The first-order valence-corrected chi connectivity index (χ1v) is 42.8. The zero-order chi connectivity index (χ0) is 75.4. The minimum absolute atomic E-state index is 0.0485. The van der Waals surface area contributed by atoms with Crippen LogP contribution < -0.4 is 28.7 Å². The van der Waals surface area contributed by atoms with Gasteiger partial charge in [-0.3, -0.25) is 23.9 Å². The molecule has 6 heterocycles. The van der Waals surface area contributed by atoms with Crippen LogP contribution in [0.4, 0.5) is 11.4 Å². The second-order valence-electron chi connectivity index (χ2n) is 33.3. The number of hydrogen-bond acceptors (Lipinski definition) is 15. The lowest BCUT2D eigenvalue weighted by Crippen LogP contribution is -2.57. The van der Waals surface area contributed by atoms with Crippen molar-refractivity contribution in [3.05, 3.63) is 141 Å². The Balaban J connectivity index is 0.000000188. The highest BCUT2D eigenvalue weighted by molar-refractivity contribution is 7.99. The number of amides is 4. The van der Waals surface area contributed by atoms with Crippen molar-refractivity contribution in [2.45, 2.75) is 176 Å². The molecule has 10 aliphatic rings. The fraction of sp³-hybridized carbons (Fsp3) is 0.602. The summed E-state index contributed by atoms with van der Waals surface area (Å²) >= 11 is 13.0. The Hall–Kier alpha value is -6.17. The Morgan fingerprint density at radius 3 is 1.42 bits per heavy atom. The van der Waals surface area contributed by atoms with Gasteiger partial charge < -0.3 is 48.3 Å². The number of benzene rings is 4. The summed E-state index contributed by atoms with van der Waals surface area (Å²) in [5, 5.41) is 0.225. The quantitative estimate of drug-likeness (QED) is 0.136. The number of nitrogens with zero attached hydrogens (tertiary/aromatic N) is 6. The number of allylic oxidation sites excluding steroid dienone is 2. The van der Waals surface area contributed by atoms with E-state index in [0.717, 1.165) is 118 Å². The van der Waals surface area contributed by atoms with Crippen molar-refractivity contribution in [2.24, 2.45) is 35.5 Å². The fourth-order valence-corrected chi connectivity index (χ4v) is 22.6. The average Bonchev–Trinajstić information content (AvgIpc) is 1.22. The number of aryl methyl sites for hydroxylation is 2. The summed E-state index contributed by atoms with van der Waals surface area (Å²) in [6.45, 7) is 20.1. The van der Waals surface area contributed by atoms with Crippen LogP contribution in [0.3, 0.4) is 0 Å². The largest absolute Gasteiger partial charge is 0.490 e. The van der Waals surface area contributed by atoms with E-state index in [-0.39, 0.29) is 88.6 Å². The van der Waals surface area contributed by atoms with Gasteiger partial charge in [-0.25, -0.2) is 17.3 Å². The molecular weight excluding hydrogens is 1420 g/mol. The van der Waals surface area contributed by atoms with Crippen LogP contribution in [-0.2, 0) is 62.5 Å². The van der Waals surface area contributed by atoms with Crippen LogP contribution in [0.1, 0.15) is 162 Å². The molecule has 4 bridgehead atoms. The Bertz CT molecular complexity index is 4010. The molecule has 0 aromatic heterocycles. The molecule has 2 saturated heterocycles. The predicted octanol–water partition coefficient (Wildman–Crippen LogP) is 11.9. The first kappa shape index (κ1) is 78.0. The molecule has 2 N–H and O–H groups in total. The molecule has 23 heteroatoms. The molecule has 0 radical (unpaired) electrons. The Labute approximate surface area is 640 Å². The lowest BCUT2D eigenvalue weighted by Gasteiger charge is -2.51.